The van der Waals surface area contributed by atoms with Crippen LogP contribution < -0.4 is 10.6 Å². The number of amides is 1. The van der Waals surface area contributed by atoms with Crippen molar-refractivity contribution in [2.45, 2.75) is 13.3 Å². The predicted molar refractivity (Wildman–Crippen MR) is 78.9 cm³/mol. The van der Waals surface area contributed by atoms with Crippen LogP contribution in [0, 0.1) is 6.92 Å². The van der Waals surface area contributed by atoms with Crippen molar-refractivity contribution in [1.82, 2.24) is 10.3 Å². The summed E-state index contributed by atoms with van der Waals surface area (Å²) in [6.07, 6.45) is 2.55. The molecule has 1 aromatic heterocycles. The number of carbonyl (C=O) groups excluding carboxylic acids is 1. The monoisotopic (exact) mass is 275 g/mol. The Labute approximate surface area is 116 Å². The van der Waals surface area contributed by atoms with Gasteiger partial charge in [-0.15, -0.1) is 11.3 Å². The highest BCUT2D eigenvalue weighted by Crippen LogP contribution is 2.16. The van der Waals surface area contributed by atoms with Crippen molar-refractivity contribution < 1.29 is 4.79 Å². The number of aryl methyl sites for hydroxylation is 1. The van der Waals surface area contributed by atoms with Crippen LogP contribution in [-0.2, 0) is 6.42 Å². The SMILES string of the molecule is CNc1ccc(C)cc1C(=O)NCCc1nccs1. The molecule has 4 nitrogen and oxygen atoms in total. The van der Waals surface area contributed by atoms with Crippen LogP contribution in [0.25, 0.3) is 0 Å². The van der Waals surface area contributed by atoms with E-state index in [0.29, 0.717) is 12.1 Å². The largest absolute Gasteiger partial charge is 0.387 e. The summed E-state index contributed by atoms with van der Waals surface area (Å²) in [5.74, 6) is -0.0513. The molecule has 0 saturated carbocycles. The maximum atomic E-state index is 12.1. The molecule has 0 saturated heterocycles. The van der Waals surface area contributed by atoms with Crippen LogP contribution in [0.1, 0.15) is 20.9 Å². The summed E-state index contributed by atoms with van der Waals surface area (Å²) in [5, 5.41) is 8.94. The highest BCUT2D eigenvalue weighted by atomic mass is 32.1. The van der Waals surface area contributed by atoms with Gasteiger partial charge in [0.05, 0.1) is 10.6 Å². The first-order chi connectivity index (χ1) is 9.20. The number of anilines is 1. The smallest absolute Gasteiger partial charge is 0.253 e. The zero-order valence-corrected chi connectivity index (χ0v) is 11.9. The first-order valence-corrected chi connectivity index (χ1v) is 7.03. The van der Waals surface area contributed by atoms with Crippen molar-refractivity contribution >= 4 is 22.9 Å². The fourth-order valence-electron chi connectivity index (χ4n) is 1.82. The average molecular weight is 275 g/mol. The third-order valence-corrected chi connectivity index (χ3v) is 3.64. The van der Waals surface area contributed by atoms with Crippen molar-refractivity contribution in [3.05, 3.63) is 45.9 Å². The fraction of sp³-hybridized carbons (Fsp3) is 0.286. The lowest BCUT2D eigenvalue weighted by Gasteiger charge is -2.10. The van der Waals surface area contributed by atoms with Crippen molar-refractivity contribution in [2.24, 2.45) is 0 Å². The van der Waals surface area contributed by atoms with E-state index in [1.807, 2.05) is 37.6 Å². The van der Waals surface area contributed by atoms with Gasteiger partial charge in [0.2, 0.25) is 0 Å². The van der Waals surface area contributed by atoms with E-state index in [-0.39, 0.29) is 5.91 Å². The Bertz CT molecular complexity index is 552. The van der Waals surface area contributed by atoms with Crippen LogP contribution in [0.15, 0.2) is 29.8 Å². The number of hydrogen-bond donors (Lipinski definition) is 2. The molecule has 2 N–H and O–H groups in total. The molecule has 1 amide bonds. The Balaban J connectivity index is 1.97. The Morgan fingerprint density at radius 3 is 2.95 bits per heavy atom. The van der Waals surface area contributed by atoms with Gasteiger partial charge in [-0.05, 0) is 19.1 Å². The maximum Gasteiger partial charge on any atom is 0.253 e. The topological polar surface area (TPSA) is 54.0 Å². The molecule has 5 heteroatoms. The van der Waals surface area contributed by atoms with E-state index in [1.165, 1.54) is 0 Å². The van der Waals surface area contributed by atoms with E-state index in [0.717, 1.165) is 22.7 Å². The normalized spacial score (nSPS) is 10.2. The second-order valence-electron chi connectivity index (χ2n) is 4.23. The van der Waals surface area contributed by atoms with Gasteiger partial charge in [0.25, 0.3) is 5.91 Å². The van der Waals surface area contributed by atoms with Gasteiger partial charge in [0, 0.05) is 37.3 Å². The molecule has 1 heterocycles. The highest BCUT2D eigenvalue weighted by Gasteiger charge is 2.10. The summed E-state index contributed by atoms with van der Waals surface area (Å²) in [7, 11) is 1.82. The number of hydrogen-bond acceptors (Lipinski definition) is 4. The molecule has 1 aromatic carbocycles. The van der Waals surface area contributed by atoms with Crippen molar-refractivity contribution in [2.75, 3.05) is 18.9 Å². The average Bonchev–Trinajstić information content (AvgIpc) is 2.91. The van der Waals surface area contributed by atoms with Crippen LogP contribution in [0.2, 0.25) is 0 Å². The van der Waals surface area contributed by atoms with Gasteiger partial charge >= 0.3 is 0 Å². The van der Waals surface area contributed by atoms with E-state index in [2.05, 4.69) is 15.6 Å². The summed E-state index contributed by atoms with van der Waals surface area (Å²) >= 11 is 1.61. The van der Waals surface area contributed by atoms with Gasteiger partial charge in [0.15, 0.2) is 0 Å². The third-order valence-electron chi connectivity index (χ3n) is 2.80. The second kappa shape index (κ2) is 6.33. The minimum Gasteiger partial charge on any atom is -0.387 e. The predicted octanol–water partition coefficient (Wildman–Crippen LogP) is 2.47. The van der Waals surface area contributed by atoms with Gasteiger partial charge in [0.1, 0.15) is 0 Å². The maximum absolute atomic E-state index is 12.1. The molecule has 0 bridgehead atoms. The fourth-order valence-corrected chi connectivity index (χ4v) is 2.44. The molecule has 0 spiro atoms. The lowest BCUT2D eigenvalue weighted by atomic mass is 10.1. The Kier molecular flexibility index (Phi) is 4.52. The van der Waals surface area contributed by atoms with Gasteiger partial charge < -0.3 is 10.6 Å². The summed E-state index contributed by atoms with van der Waals surface area (Å²) in [5.41, 5.74) is 2.60. The van der Waals surface area contributed by atoms with Crippen LogP contribution in [-0.4, -0.2) is 24.5 Å². The van der Waals surface area contributed by atoms with E-state index in [9.17, 15) is 4.79 Å². The zero-order valence-electron chi connectivity index (χ0n) is 11.1. The van der Waals surface area contributed by atoms with Gasteiger partial charge in [-0.1, -0.05) is 11.6 Å². The molecular formula is C14H17N3OS. The lowest BCUT2D eigenvalue weighted by molar-refractivity contribution is 0.0955. The number of nitrogens with one attached hydrogen (secondary N) is 2. The van der Waals surface area contributed by atoms with Gasteiger partial charge in [-0.3, -0.25) is 4.79 Å². The van der Waals surface area contributed by atoms with Gasteiger partial charge in [-0.25, -0.2) is 4.98 Å². The number of nitrogens with zero attached hydrogens (tertiary/aromatic N) is 1. The lowest BCUT2D eigenvalue weighted by Crippen LogP contribution is -2.26. The van der Waals surface area contributed by atoms with Crippen molar-refractivity contribution in [1.29, 1.82) is 0 Å². The quantitative estimate of drug-likeness (QED) is 0.881. The molecule has 2 rings (SSSR count). The zero-order chi connectivity index (χ0) is 13.7. The Morgan fingerprint density at radius 1 is 1.42 bits per heavy atom. The second-order valence-corrected chi connectivity index (χ2v) is 5.21. The Morgan fingerprint density at radius 2 is 2.26 bits per heavy atom. The molecule has 2 aromatic rings. The third kappa shape index (κ3) is 3.54. The van der Waals surface area contributed by atoms with Crippen molar-refractivity contribution in [3.8, 4) is 0 Å². The van der Waals surface area contributed by atoms with Crippen LogP contribution >= 0.6 is 11.3 Å². The number of carbonyl (C=O) groups is 1. The van der Waals surface area contributed by atoms with E-state index < -0.39 is 0 Å². The molecular weight excluding hydrogens is 258 g/mol. The number of benzene rings is 1. The molecule has 0 fully saturated rings. The number of aromatic nitrogens is 1. The Hall–Kier alpha value is -1.88. The van der Waals surface area contributed by atoms with Crippen LogP contribution in [0.5, 0.6) is 0 Å². The molecule has 19 heavy (non-hydrogen) atoms. The first kappa shape index (κ1) is 13.5. The van der Waals surface area contributed by atoms with E-state index in [1.54, 1.807) is 17.5 Å². The van der Waals surface area contributed by atoms with Gasteiger partial charge in [-0.2, -0.15) is 0 Å². The molecule has 0 unspecified atom stereocenters. The first-order valence-electron chi connectivity index (χ1n) is 6.15. The molecule has 0 aliphatic carbocycles. The summed E-state index contributed by atoms with van der Waals surface area (Å²) in [6, 6.07) is 5.80. The minimum atomic E-state index is -0.0513. The molecule has 0 aliphatic rings. The molecule has 0 radical (unpaired) electrons. The highest BCUT2D eigenvalue weighted by molar-refractivity contribution is 7.09. The standard InChI is InChI=1S/C14H17N3OS/c1-10-3-4-12(15-2)11(9-10)14(18)17-6-5-13-16-7-8-19-13/h3-4,7-9,15H,5-6H2,1-2H3,(H,17,18). The molecule has 100 valence electrons. The summed E-state index contributed by atoms with van der Waals surface area (Å²) in [6.45, 7) is 2.58. The minimum absolute atomic E-state index is 0.0513. The summed E-state index contributed by atoms with van der Waals surface area (Å²) < 4.78 is 0. The number of rotatable bonds is 5. The molecule has 0 aliphatic heterocycles. The van der Waals surface area contributed by atoms with Crippen LogP contribution in [0.4, 0.5) is 5.69 Å². The van der Waals surface area contributed by atoms with E-state index >= 15 is 0 Å². The number of thiazole rings is 1. The van der Waals surface area contributed by atoms with Crippen molar-refractivity contribution in [3.63, 3.8) is 0 Å². The molecule has 0 atom stereocenters. The van der Waals surface area contributed by atoms with E-state index in [4.69, 9.17) is 0 Å². The van der Waals surface area contributed by atoms with Crippen LogP contribution in [0.3, 0.4) is 0 Å². The summed E-state index contributed by atoms with van der Waals surface area (Å²) in [4.78, 5) is 16.3.